The Bertz CT molecular complexity index is 666. The highest BCUT2D eigenvalue weighted by Gasteiger charge is 2.18. The second-order valence-corrected chi connectivity index (χ2v) is 4.29. The summed E-state index contributed by atoms with van der Waals surface area (Å²) in [5, 5.41) is 13.4. The SMILES string of the molecule is O=c1nc2c(Cl)c(CO)ccc2c2n1CCN2. The number of anilines is 1. The molecule has 88 valence electrons. The zero-order valence-electron chi connectivity index (χ0n) is 8.90. The fourth-order valence-corrected chi connectivity index (χ4v) is 2.38. The van der Waals surface area contributed by atoms with Crippen molar-refractivity contribution in [3.63, 3.8) is 0 Å². The van der Waals surface area contributed by atoms with Crippen molar-refractivity contribution in [1.29, 1.82) is 0 Å². The number of aliphatic hydroxyl groups excluding tert-OH is 1. The number of nitrogens with zero attached hydrogens (tertiary/aromatic N) is 2. The fourth-order valence-electron chi connectivity index (χ4n) is 2.11. The molecule has 2 aromatic rings. The normalized spacial score (nSPS) is 13.8. The minimum atomic E-state index is -0.311. The highest BCUT2D eigenvalue weighted by molar-refractivity contribution is 6.36. The summed E-state index contributed by atoms with van der Waals surface area (Å²) >= 11 is 6.12. The first-order valence-electron chi connectivity index (χ1n) is 5.29. The zero-order chi connectivity index (χ0) is 12.0. The molecule has 5 nitrogen and oxygen atoms in total. The number of aliphatic hydroxyl groups is 1. The molecule has 1 aliphatic rings. The van der Waals surface area contributed by atoms with E-state index in [2.05, 4.69) is 10.3 Å². The zero-order valence-corrected chi connectivity index (χ0v) is 9.66. The van der Waals surface area contributed by atoms with E-state index in [0.717, 1.165) is 17.7 Å². The molecule has 1 aromatic heterocycles. The molecule has 0 radical (unpaired) electrons. The van der Waals surface area contributed by atoms with Crippen LogP contribution in [0.15, 0.2) is 16.9 Å². The van der Waals surface area contributed by atoms with Crippen molar-refractivity contribution in [2.24, 2.45) is 0 Å². The van der Waals surface area contributed by atoms with Crippen molar-refractivity contribution in [3.8, 4) is 0 Å². The van der Waals surface area contributed by atoms with Crippen LogP contribution in [0.3, 0.4) is 0 Å². The van der Waals surface area contributed by atoms with Crippen molar-refractivity contribution in [2.45, 2.75) is 13.2 Å². The van der Waals surface area contributed by atoms with Gasteiger partial charge in [0.05, 0.1) is 17.1 Å². The second-order valence-electron chi connectivity index (χ2n) is 3.91. The number of benzene rings is 1. The lowest BCUT2D eigenvalue weighted by Crippen LogP contribution is -2.21. The first-order valence-corrected chi connectivity index (χ1v) is 5.67. The van der Waals surface area contributed by atoms with Gasteiger partial charge in [0.25, 0.3) is 0 Å². The van der Waals surface area contributed by atoms with E-state index in [1.807, 2.05) is 6.07 Å². The molecule has 0 unspecified atom stereocenters. The van der Waals surface area contributed by atoms with Gasteiger partial charge >= 0.3 is 5.69 Å². The highest BCUT2D eigenvalue weighted by Crippen LogP contribution is 2.30. The van der Waals surface area contributed by atoms with E-state index in [1.54, 1.807) is 10.6 Å². The molecular formula is C11H10ClN3O2. The Morgan fingerprint density at radius 1 is 1.53 bits per heavy atom. The monoisotopic (exact) mass is 251 g/mol. The second kappa shape index (κ2) is 3.72. The molecule has 0 atom stereocenters. The largest absolute Gasteiger partial charge is 0.392 e. The van der Waals surface area contributed by atoms with E-state index in [-0.39, 0.29) is 12.3 Å². The first-order chi connectivity index (χ1) is 8.22. The summed E-state index contributed by atoms with van der Waals surface area (Å²) in [5.74, 6) is 0.756. The molecule has 0 spiro atoms. The van der Waals surface area contributed by atoms with E-state index in [4.69, 9.17) is 16.7 Å². The number of rotatable bonds is 1. The molecule has 2 N–H and O–H groups in total. The molecule has 1 aliphatic heterocycles. The number of aromatic nitrogens is 2. The number of fused-ring (bicyclic) bond motifs is 3. The van der Waals surface area contributed by atoms with Crippen LogP contribution in [0.1, 0.15) is 5.56 Å². The standard InChI is InChI=1S/C11H10ClN3O2/c12-8-6(5-16)1-2-7-9(8)14-11(17)15-4-3-13-10(7)15/h1-2,13,16H,3-5H2. The minimum Gasteiger partial charge on any atom is -0.392 e. The Balaban J connectivity index is 2.45. The molecule has 0 saturated carbocycles. The smallest absolute Gasteiger partial charge is 0.349 e. The Morgan fingerprint density at radius 2 is 2.35 bits per heavy atom. The molecule has 0 saturated heterocycles. The van der Waals surface area contributed by atoms with Crippen LogP contribution in [0.4, 0.5) is 5.82 Å². The Kier molecular flexibility index (Phi) is 2.31. The van der Waals surface area contributed by atoms with Gasteiger partial charge in [-0.15, -0.1) is 0 Å². The van der Waals surface area contributed by atoms with Gasteiger partial charge in [-0.25, -0.2) is 4.79 Å². The summed E-state index contributed by atoms with van der Waals surface area (Å²) in [6.07, 6.45) is 0. The van der Waals surface area contributed by atoms with E-state index in [0.29, 0.717) is 22.6 Å². The highest BCUT2D eigenvalue weighted by atomic mass is 35.5. The quantitative estimate of drug-likeness (QED) is 0.793. The van der Waals surface area contributed by atoms with Gasteiger partial charge in [-0.05, 0) is 11.6 Å². The molecule has 0 amide bonds. The van der Waals surface area contributed by atoms with Crippen molar-refractivity contribution in [2.75, 3.05) is 11.9 Å². The fraction of sp³-hybridized carbons (Fsp3) is 0.273. The maximum atomic E-state index is 11.8. The van der Waals surface area contributed by atoms with E-state index < -0.39 is 0 Å². The minimum absolute atomic E-state index is 0.164. The summed E-state index contributed by atoms with van der Waals surface area (Å²) in [6.45, 7) is 1.17. The maximum absolute atomic E-state index is 11.8. The van der Waals surface area contributed by atoms with Gasteiger partial charge in [-0.2, -0.15) is 4.98 Å². The molecule has 0 bridgehead atoms. The van der Waals surface area contributed by atoms with Gasteiger partial charge in [-0.3, -0.25) is 4.57 Å². The lowest BCUT2D eigenvalue weighted by atomic mass is 10.1. The van der Waals surface area contributed by atoms with Gasteiger partial charge in [0.2, 0.25) is 0 Å². The summed E-state index contributed by atoms with van der Waals surface area (Å²) < 4.78 is 1.59. The van der Waals surface area contributed by atoms with Crippen LogP contribution in [-0.2, 0) is 13.2 Å². The van der Waals surface area contributed by atoms with Crippen LogP contribution in [0.5, 0.6) is 0 Å². The summed E-state index contributed by atoms with van der Waals surface area (Å²) in [6, 6.07) is 3.57. The van der Waals surface area contributed by atoms with Crippen LogP contribution < -0.4 is 11.0 Å². The van der Waals surface area contributed by atoms with Gasteiger partial charge in [0.1, 0.15) is 5.82 Å². The maximum Gasteiger partial charge on any atom is 0.349 e. The molecule has 0 aliphatic carbocycles. The van der Waals surface area contributed by atoms with Crippen LogP contribution in [-0.4, -0.2) is 21.2 Å². The average molecular weight is 252 g/mol. The van der Waals surface area contributed by atoms with E-state index >= 15 is 0 Å². The van der Waals surface area contributed by atoms with Crippen LogP contribution in [0, 0.1) is 0 Å². The van der Waals surface area contributed by atoms with Crippen molar-refractivity contribution >= 4 is 28.3 Å². The average Bonchev–Trinajstić information content (AvgIpc) is 2.81. The van der Waals surface area contributed by atoms with Crippen LogP contribution in [0.25, 0.3) is 10.9 Å². The van der Waals surface area contributed by atoms with Crippen molar-refractivity contribution < 1.29 is 5.11 Å². The van der Waals surface area contributed by atoms with E-state index in [1.165, 1.54) is 0 Å². The number of nitrogens with one attached hydrogen (secondary N) is 1. The Morgan fingerprint density at radius 3 is 3.12 bits per heavy atom. The third-order valence-corrected chi connectivity index (χ3v) is 3.38. The number of hydrogen-bond acceptors (Lipinski definition) is 4. The third-order valence-electron chi connectivity index (χ3n) is 2.96. The molecule has 17 heavy (non-hydrogen) atoms. The molecule has 2 heterocycles. The molecule has 1 aromatic carbocycles. The topological polar surface area (TPSA) is 67.1 Å². The van der Waals surface area contributed by atoms with Crippen molar-refractivity contribution in [3.05, 3.63) is 33.2 Å². The Hall–Kier alpha value is -1.59. The van der Waals surface area contributed by atoms with Crippen molar-refractivity contribution in [1.82, 2.24) is 9.55 Å². The summed E-state index contributed by atoms with van der Waals surface area (Å²) in [7, 11) is 0. The first kappa shape index (κ1) is 10.6. The van der Waals surface area contributed by atoms with Gasteiger partial charge < -0.3 is 10.4 Å². The van der Waals surface area contributed by atoms with E-state index in [9.17, 15) is 4.79 Å². The van der Waals surface area contributed by atoms with Gasteiger partial charge in [0, 0.05) is 18.5 Å². The predicted octanol–water partition coefficient (Wildman–Crippen LogP) is 0.968. The lowest BCUT2D eigenvalue weighted by molar-refractivity contribution is 0.282. The molecular weight excluding hydrogens is 242 g/mol. The third kappa shape index (κ3) is 1.43. The molecule has 0 fully saturated rings. The summed E-state index contributed by atoms with van der Waals surface area (Å²) in [5.41, 5.74) is 0.715. The number of halogens is 1. The molecule has 3 rings (SSSR count). The van der Waals surface area contributed by atoms with Crippen LogP contribution in [0.2, 0.25) is 5.02 Å². The lowest BCUT2D eigenvalue weighted by Gasteiger charge is -2.09. The van der Waals surface area contributed by atoms with Gasteiger partial charge in [0.15, 0.2) is 0 Å². The Labute approximate surface area is 102 Å². The number of hydrogen-bond donors (Lipinski definition) is 2. The van der Waals surface area contributed by atoms with Gasteiger partial charge in [-0.1, -0.05) is 17.7 Å². The molecule has 6 heteroatoms. The predicted molar refractivity (Wildman–Crippen MR) is 65.4 cm³/mol. The van der Waals surface area contributed by atoms with Crippen LogP contribution >= 0.6 is 11.6 Å². The summed E-state index contributed by atoms with van der Waals surface area (Å²) in [4.78, 5) is 15.7.